The number of halogens is 1. The molecule has 2 aromatic carbocycles. The minimum absolute atomic E-state index is 0.00789. The smallest absolute Gasteiger partial charge is 0.223 e. The van der Waals surface area contributed by atoms with E-state index in [1.165, 1.54) is 13.2 Å². The molecule has 5 heteroatoms. The van der Waals surface area contributed by atoms with Crippen LogP contribution in [0.15, 0.2) is 71.3 Å². The van der Waals surface area contributed by atoms with E-state index in [0.717, 1.165) is 16.9 Å². The first kappa shape index (κ1) is 18.7. The van der Waals surface area contributed by atoms with Crippen LogP contribution in [0.3, 0.4) is 0 Å². The summed E-state index contributed by atoms with van der Waals surface area (Å²) in [5, 5.41) is 0. The lowest BCUT2D eigenvalue weighted by Gasteiger charge is -2.22. The van der Waals surface area contributed by atoms with Crippen molar-refractivity contribution in [3.63, 3.8) is 0 Å². The van der Waals surface area contributed by atoms with E-state index in [0.29, 0.717) is 25.9 Å². The van der Waals surface area contributed by atoms with E-state index in [1.807, 2.05) is 36.4 Å². The molecule has 0 fully saturated rings. The number of methoxy groups -OCH3 is 1. The molecule has 0 saturated carbocycles. The monoisotopic (exact) mass is 367 g/mol. The van der Waals surface area contributed by atoms with Gasteiger partial charge in [0.05, 0.1) is 19.9 Å². The van der Waals surface area contributed by atoms with Crippen LogP contribution in [0.4, 0.5) is 4.39 Å². The minimum atomic E-state index is -0.417. The number of nitrogens with zero attached hydrogens (tertiary/aromatic N) is 1. The molecule has 3 aromatic rings. The molecule has 0 atom stereocenters. The molecule has 0 aliphatic rings. The number of aryl methyl sites for hydroxylation is 1. The van der Waals surface area contributed by atoms with Crippen LogP contribution in [0.5, 0.6) is 5.75 Å². The molecule has 1 heterocycles. The summed E-state index contributed by atoms with van der Waals surface area (Å²) in [6, 6.07) is 18.3. The van der Waals surface area contributed by atoms with Gasteiger partial charge in [-0.1, -0.05) is 36.4 Å². The van der Waals surface area contributed by atoms with Crippen LogP contribution in [0, 0.1) is 5.82 Å². The number of rotatable bonds is 8. The summed E-state index contributed by atoms with van der Waals surface area (Å²) in [5.41, 5.74) is 1.81. The van der Waals surface area contributed by atoms with Crippen LogP contribution >= 0.6 is 0 Å². The lowest BCUT2D eigenvalue weighted by molar-refractivity contribution is -0.132. The fraction of sp³-hybridized carbons (Fsp3) is 0.227. The molecule has 0 saturated heterocycles. The van der Waals surface area contributed by atoms with Crippen LogP contribution in [0.2, 0.25) is 0 Å². The summed E-state index contributed by atoms with van der Waals surface area (Å²) in [5.74, 6) is 0.508. The third-order valence-corrected chi connectivity index (χ3v) is 4.34. The molecule has 3 rings (SSSR count). The maximum Gasteiger partial charge on any atom is 0.223 e. The second kappa shape index (κ2) is 9.03. The molecule has 1 amide bonds. The largest absolute Gasteiger partial charge is 0.494 e. The fourth-order valence-electron chi connectivity index (χ4n) is 2.90. The highest BCUT2D eigenvalue weighted by atomic mass is 19.1. The number of hydrogen-bond donors (Lipinski definition) is 0. The highest BCUT2D eigenvalue weighted by Crippen LogP contribution is 2.19. The van der Waals surface area contributed by atoms with Crippen molar-refractivity contribution in [1.29, 1.82) is 0 Å². The van der Waals surface area contributed by atoms with Crippen molar-refractivity contribution in [2.24, 2.45) is 0 Å². The van der Waals surface area contributed by atoms with Gasteiger partial charge in [-0.2, -0.15) is 0 Å². The van der Waals surface area contributed by atoms with Crippen LogP contribution in [-0.2, 0) is 24.3 Å². The maximum absolute atomic E-state index is 13.8. The van der Waals surface area contributed by atoms with Gasteiger partial charge in [0.1, 0.15) is 5.76 Å². The Morgan fingerprint density at radius 1 is 1.04 bits per heavy atom. The average molecular weight is 367 g/mol. The van der Waals surface area contributed by atoms with E-state index in [9.17, 15) is 9.18 Å². The first-order chi connectivity index (χ1) is 13.2. The van der Waals surface area contributed by atoms with E-state index in [1.54, 1.807) is 29.4 Å². The van der Waals surface area contributed by atoms with Crippen molar-refractivity contribution < 1.29 is 18.3 Å². The molecule has 0 N–H and O–H groups in total. The molecule has 1 aromatic heterocycles. The van der Waals surface area contributed by atoms with Gasteiger partial charge in [0.15, 0.2) is 11.6 Å². The van der Waals surface area contributed by atoms with Gasteiger partial charge in [-0.15, -0.1) is 0 Å². The molecule has 0 aliphatic heterocycles. The summed E-state index contributed by atoms with van der Waals surface area (Å²) >= 11 is 0. The second-order valence-electron chi connectivity index (χ2n) is 6.28. The Bertz CT molecular complexity index is 863. The van der Waals surface area contributed by atoms with Crippen molar-refractivity contribution in [1.82, 2.24) is 4.90 Å². The summed E-state index contributed by atoms with van der Waals surface area (Å²) in [7, 11) is 1.43. The molecule has 0 bridgehead atoms. The predicted molar refractivity (Wildman–Crippen MR) is 101 cm³/mol. The van der Waals surface area contributed by atoms with Crippen LogP contribution < -0.4 is 4.74 Å². The van der Waals surface area contributed by atoms with E-state index in [4.69, 9.17) is 9.15 Å². The Morgan fingerprint density at radius 3 is 2.52 bits per heavy atom. The molecule has 0 spiro atoms. The van der Waals surface area contributed by atoms with Gasteiger partial charge in [0.2, 0.25) is 5.91 Å². The third-order valence-electron chi connectivity index (χ3n) is 4.34. The van der Waals surface area contributed by atoms with Gasteiger partial charge in [-0.25, -0.2) is 4.39 Å². The number of ether oxygens (including phenoxy) is 1. The molecule has 140 valence electrons. The summed E-state index contributed by atoms with van der Waals surface area (Å²) in [6.07, 6.45) is 2.35. The number of carbonyl (C=O) groups is 1. The topological polar surface area (TPSA) is 42.7 Å². The normalized spacial score (nSPS) is 10.6. The van der Waals surface area contributed by atoms with Crippen LogP contribution in [-0.4, -0.2) is 17.9 Å². The summed E-state index contributed by atoms with van der Waals surface area (Å²) in [6.45, 7) is 0.898. The zero-order valence-electron chi connectivity index (χ0n) is 15.2. The standard InChI is InChI=1S/C22H22FNO3/c1-26-21-11-9-17(14-20(21)23)10-12-22(25)24(16-19-8-5-13-27-19)15-18-6-3-2-4-7-18/h2-9,11,13-14H,10,12,15-16H2,1H3. The van der Waals surface area contributed by atoms with Gasteiger partial charge < -0.3 is 14.1 Å². The van der Waals surface area contributed by atoms with Crippen molar-refractivity contribution in [2.45, 2.75) is 25.9 Å². The average Bonchev–Trinajstić information content (AvgIpc) is 3.19. The Hall–Kier alpha value is -3.08. The van der Waals surface area contributed by atoms with Crippen molar-refractivity contribution >= 4 is 5.91 Å². The SMILES string of the molecule is COc1ccc(CCC(=O)N(Cc2ccccc2)Cc2ccco2)cc1F. The summed E-state index contributed by atoms with van der Waals surface area (Å²) in [4.78, 5) is 14.6. The van der Waals surface area contributed by atoms with E-state index < -0.39 is 5.82 Å². The Morgan fingerprint density at radius 2 is 1.85 bits per heavy atom. The first-order valence-corrected chi connectivity index (χ1v) is 8.82. The highest BCUT2D eigenvalue weighted by Gasteiger charge is 2.16. The zero-order chi connectivity index (χ0) is 19.1. The number of benzene rings is 2. The van der Waals surface area contributed by atoms with Gasteiger partial charge >= 0.3 is 0 Å². The predicted octanol–water partition coefficient (Wildman–Crippen LogP) is 4.59. The molecule has 0 unspecified atom stereocenters. The first-order valence-electron chi connectivity index (χ1n) is 8.82. The number of carbonyl (C=O) groups excluding carboxylic acids is 1. The molecule has 0 aliphatic carbocycles. The van der Waals surface area contributed by atoms with Gasteiger partial charge in [-0.05, 0) is 41.8 Å². The lowest BCUT2D eigenvalue weighted by Crippen LogP contribution is -2.30. The van der Waals surface area contributed by atoms with Crippen molar-refractivity contribution in [3.05, 3.63) is 89.6 Å². The molecular weight excluding hydrogens is 345 g/mol. The number of hydrogen-bond acceptors (Lipinski definition) is 3. The Labute approximate surface area is 158 Å². The van der Waals surface area contributed by atoms with Gasteiger partial charge in [-0.3, -0.25) is 4.79 Å². The number of furan rings is 1. The molecule has 4 nitrogen and oxygen atoms in total. The number of amides is 1. The third kappa shape index (κ3) is 5.20. The Balaban J connectivity index is 1.67. The van der Waals surface area contributed by atoms with Crippen LogP contribution in [0.1, 0.15) is 23.3 Å². The van der Waals surface area contributed by atoms with Crippen molar-refractivity contribution in [2.75, 3.05) is 7.11 Å². The Kier molecular flexibility index (Phi) is 6.26. The maximum atomic E-state index is 13.8. The van der Waals surface area contributed by atoms with Gasteiger partial charge in [0, 0.05) is 13.0 Å². The fourth-order valence-corrected chi connectivity index (χ4v) is 2.90. The zero-order valence-corrected chi connectivity index (χ0v) is 15.2. The van der Waals surface area contributed by atoms with Gasteiger partial charge in [0.25, 0.3) is 0 Å². The molecular formula is C22H22FNO3. The molecule has 27 heavy (non-hydrogen) atoms. The highest BCUT2D eigenvalue weighted by molar-refractivity contribution is 5.76. The van der Waals surface area contributed by atoms with E-state index in [2.05, 4.69) is 0 Å². The van der Waals surface area contributed by atoms with Crippen LogP contribution in [0.25, 0.3) is 0 Å². The minimum Gasteiger partial charge on any atom is -0.494 e. The molecule has 0 radical (unpaired) electrons. The quantitative estimate of drug-likeness (QED) is 0.585. The lowest BCUT2D eigenvalue weighted by atomic mass is 10.1. The summed E-state index contributed by atoms with van der Waals surface area (Å²) < 4.78 is 24.2. The second-order valence-corrected chi connectivity index (χ2v) is 6.28. The van der Waals surface area contributed by atoms with E-state index in [-0.39, 0.29) is 11.7 Å². The van der Waals surface area contributed by atoms with E-state index >= 15 is 0 Å². The van der Waals surface area contributed by atoms with Crippen molar-refractivity contribution in [3.8, 4) is 5.75 Å².